The number of ether oxygens (including phenoxy) is 2. The first-order valence-electron chi connectivity index (χ1n) is 8.86. The molecular formula is C22H20N2O4. The highest BCUT2D eigenvalue weighted by Crippen LogP contribution is 2.15. The number of carbonyl (C=O) groups excluding carboxylic acids is 2. The number of hydrogen-bond donors (Lipinski definition) is 1. The van der Waals surface area contributed by atoms with E-state index in [0.29, 0.717) is 17.9 Å². The summed E-state index contributed by atoms with van der Waals surface area (Å²) in [6, 6.07) is 20.3. The van der Waals surface area contributed by atoms with Gasteiger partial charge in [0.2, 0.25) is 0 Å². The highest BCUT2D eigenvalue weighted by atomic mass is 16.5. The Bertz CT molecular complexity index is 997. The van der Waals surface area contributed by atoms with Crippen molar-refractivity contribution in [2.75, 3.05) is 13.2 Å². The first kappa shape index (κ1) is 19.1. The summed E-state index contributed by atoms with van der Waals surface area (Å²) in [6.07, 6.45) is 1.58. The van der Waals surface area contributed by atoms with Gasteiger partial charge in [0, 0.05) is 0 Å². The van der Waals surface area contributed by atoms with Crippen LogP contribution in [-0.2, 0) is 9.53 Å². The maximum absolute atomic E-state index is 11.9. The van der Waals surface area contributed by atoms with Crippen molar-refractivity contribution < 1.29 is 19.1 Å². The molecule has 1 amide bonds. The van der Waals surface area contributed by atoms with E-state index in [4.69, 9.17) is 9.47 Å². The molecule has 0 unspecified atom stereocenters. The highest BCUT2D eigenvalue weighted by Gasteiger charge is 2.07. The molecule has 0 bridgehead atoms. The van der Waals surface area contributed by atoms with Crippen LogP contribution in [0.3, 0.4) is 0 Å². The molecule has 0 fully saturated rings. The number of hydrogen-bond acceptors (Lipinski definition) is 5. The van der Waals surface area contributed by atoms with Gasteiger partial charge in [-0.15, -0.1) is 0 Å². The summed E-state index contributed by atoms with van der Waals surface area (Å²) < 4.78 is 10.3. The summed E-state index contributed by atoms with van der Waals surface area (Å²) in [5.74, 6) is -0.303. The third-order valence-electron chi connectivity index (χ3n) is 3.91. The molecule has 3 rings (SSSR count). The van der Waals surface area contributed by atoms with Gasteiger partial charge in [0.25, 0.3) is 5.91 Å². The van der Waals surface area contributed by atoms with Crippen LogP contribution in [0.25, 0.3) is 10.8 Å². The van der Waals surface area contributed by atoms with Crippen molar-refractivity contribution in [3.63, 3.8) is 0 Å². The molecule has 0 aliphatic rings. The Morgan fingerprint density at radius 1 is 1.00 bits per heavy atom. The van der Waals surface area contributed by atoms with Crippen LogP contribution in [0.15, 0.2) is 71.8 Å². The van der Waals surface area contributed by atoms with Crippen LogP contribution in [-0.4, -0.2) is 31.3 Å². The second-order valence-electron chi connectivity index (χ2n) is 5.93. The third-order valence-corrected chi connectivity index (χ3v) is 3.91. The van der Waals surface area contributed by atoms with Gasteiger partial charge in [-0.3, -0.25) is 4.79 Å². The van der Waals surface area contributed by atoms with E-state index in [9.17, 15) is 9.59 Å². The Hall–Kier alpha value is -3.67. The summed E-state index contributed by atoms with van der Waals surface area (Å²) in [5.41, 5.74) is 3.74. The molecule has 0 heterocycles. The van der Waals surface area contributed by atoms with Gasteiger partial charge in [0.05, 0.1) is 18.4 Å². The number of amides is 1. The maximum Gasteiger partial charge on any atom is 0.338 e. The van der Waals surface area contributed by atoms with Crippen molar-refractivity contribution >= 4 is 28.9 Å². The molecule has 6 nitrogen and oxygen atoms in total. The van der Waals surface area contributed by atoms with Gasteiger partial charge in [0.15, 0.2) is 6.61 Å². The molecule has 3 aromatic carbocycles. The van der Waals surface area contributed by atoms with Crippen molar-refractivity contribution in [3.8, 4) is 5.75 Å². The zero-order chi connectivity index (χ0) is 19.8. The lowest BCUT2D eigenvalue weighted by Gasteiger charge is -2.06. The fourth-order valence-electron chi connectivity index (χ4n) is 2.55. The Balaban J connectivity index is 1.48. The first-order valence-corrected chi connectivity index (χ1v) is 8.86. The predicted molar refractivity (Wildman–Crippen MR) is 108 cm³/mol. The molecule has 0 aromatic heterocycles. The van der Waals surface area contributed by atoms with Gasteiger partial charge in [-0.05, 0) is 53.6 Å². The molecule has 6 heteroatoms. The first-order chi connectivity index (χ1) is 13.7. The number of nitrogens with one attached hydrogen (secondary N) is 1. The molecule has 0 atom stereocenters. The van der Waals surface area contributed by atoms with Gasteiger partial charge in [-0.25, -0.2) is 10.2 Å². The molecular weight excluding hydrogens is 356 g/mol. The standard InChI is InChI=1S/C22H20N2O4/c1-2-27-22(26)18-9-11-20(12-10-18)28-15-21(25)24-23-14-16-7-8-17-5-3-4-6-19(17)13-16/h3-14H,2,15H2,1H3,(H,24,25). The number of esters is 1. The lowest BCUT2D eigenvalue weighted by atomic mass is 10.1. The largest absolute Gasteiger partial charge is 0.484 e. The average Bonchev–Trinajstić information content (AvgIpc) is 2.73. The number of rotatable bonds is 7. The van der Waals surface area contributed by atoms with E-state index in [-0.39, 0.29) is 12.5 Å². The van der Waals surface area contributed by atoms with Crippen LogP contribution < -0.4 is 10.2 Å². The summed E-state index contributed by atoms with van der Waals surface area (Å²) in [7, 11) is 0. The Morgan fingerprint density at radius 2 is 1.75 bits per heavy atom. The third kappa shape index (κ3) is 5.17. The van der Waals surface area contributed by atoms with Crippen molar-refractivity contribution in [3.05, 3.63) is 77.9 Å². The second-order valence-corrected chi connectivity index (χ2v) is 5.93. The Labute approximate surface area is 162 Å². The number of fused-ring (bicyclic) bond motifs is 1. The van der Waals surface area contributed by atoms with E-state index in [1.807, 2.05) is 42.5 Å². The van der Waals surface area contributed by atoms with E-state index >= 15 is 0 Å². The van der Waals surface area contributed by atoms with Gasteiger partial charge in [-0.2, -0.15) is 5.10 Å². The summed E-state index contributed by atoms with van der Waals surface area (Å²) in [4.78, 5) is 23.4. The topological polar surface area (TPSA) is 77.0 Å². The monoisotopic (exact) mass is 376 g/mol. The fraction of sp³-hybridized carbons (Fsp3) is 0.136. The number of carbonyl (C=O) groups is 2. The van der Waals surface area contributed by atoms with Gasteiger partial charge in [-0.1, -0.05) is 36.4 Å². The van der Waals surface area contributed by atoms with Crippen LogP contribution in [0.1, 0.15) is 22.8 Å². The predicted octanol–water partition coefficient (Wildman–Crippen LogP) is 3.55. The average molecular weight is 376 g/mol. The lowest BCUT2D eigenvalue weighted by molar-refractivity contribution is -0.123. The molecule has 0 aliphatic carbocycles. The van der Waals surface area contributed by atoms with Crippen LogP contribution in [0.5, 0.6) is 5.75 Å². The molecule has 3 aromatic rings. The molecule has 28 heavy (non-hydrogen) atoms. The summed E-state index contributed by atoms with van der Waals surface area (Å²) in [5, 5.41) is 6.20. The SMILES string of the molecule is CCOC(=O)c1ccc(OCC(=O)NN=Cc2ccc3ccccc3c2)cc1. The van der Waals surface area contributed by atoms with Crippen LogP contribution in [0.4, 0.5) is 0 Å². The highest BCUT2D eigenvalue weighted by molar-refractivity contribution is 5.91. The fourth-order valence-corrected chi connectivity index (χ4v) is 2.55. The van der Waals surface area contributed by atoms with Gasteiger partial charge >= 0.3 is 5.97 Å². The van der Waals surface area contributed by atoms with Crippen molar-refractivity contribution in [2.24, 2.45) is 5.10 Å². The van der Waals surface area contributed by atoms with Crippen molar-refractivity contribution in [2.45, 2.75) is 6.92 Å². The van der Waals surface area contributed by atoms with Gasteiger partial charge < -0.3 is 9.47 Å². The zero-order valence-electron chi connectivity index (χ0n) is 15.4. The van der Waals surface area contributed by atoms with Crippen molar-refractivity contribution in [1.29, 1.82) is 0 Å². The van der Waals surface area contributed by atoms with Gasteiger partial charge in [0.1, 0.15) is 5.75 Å². The van der Waals surface area contributed by atoms with E-state index in [0.717, 1.165) is 16.3 Å². The second kappa shape index (κ2) is 9.32. The number of nitrogens with zero attached hydrogens (tertiary/aromatic N) is 1. The van der Waals surface area contributed by atoms with E-state index in [1.54, 1.807) is 37.4 Å². The zero-order valence-corrected chi connectivity index (χ0v) is 15.4. The quantitative estimate of drug-likeness (QED) is 0.389. The minimum atomic E-state index is -0.394. The molecule has 0 saturated carbocycles. The lowest BCUT2D eigenvalue weighted by Crippen LogP contribution is -2.24. The molecule has 0 radical (unpaired) electrons. The molecule has 0 aliphatic heterocycles. The van der Waals surface area contributed by atoms with E-state index < -0.39 is 5.97 Å². The Morgan fingerprint density at radius 3 is 2.50 bits per heavy atom. The van der Waals surface area contributed by atoms with Crippen LogP contribution in [0, 0.1) is 0 Å². The molecule has 0 saturated heterocycles. The summed E-state index contributed by atoms with van der Waals surface area (Å²) in [6.45, 7) is 1.88. The number of benzene rings is 3. The van der Waals surface area contributed by atoms with Crippen LogP contribution in [0.2, 0.25) is 0 Å². The smallest absolute Gasteiger partial charge is 0.338 e. The maximum atomic E-state index is 11.9. The Kier molecular flexibility index (Phi) is 6.36. The minimum Gasteiger partial charge on any atom is -0.484 e. The molecule has 1 N–H and O–H groups in total. The van der Waals surface area contributed by atoms with E-state index in [1.165, 1.54) is 0 Å². The van der Waals surface area contributed by atoms with Crippen LogP contribution >= 0.6 is 0 Å². The molecule has 0 spiro atoms. The summed E-state index contributed by atoms with van der Waals surface area (Å²) >= 11 is 0. The molecule has 142 valence electrons. The van der Waals surface area contributed by atoms with E-state index in [2.05, 4.69) is 10.5 Å². The normalized spacial score (nSPS) is 10.8. The number of hydrazone groups is 1. The van der Waals surface area contributed by atoms with Crippen molar-refractivity contribution in [1.82, 2.24) is 5.43 Å². The minimum absolute atomic E-state index is 0.187.